The quantitative estimate of drug-likeness (QED) is 0.845. The van der Waals surface area contributed by atoms with Gasteiger partial charge in [0.15, 0.2) is 0 Å². The number of alkyl halides is 3. The number of nitrogens with two attached hydrogens (primary N) is 1. The van der Waals surface area contributed by atoms with Gasteiger partial charge in [-0.15, -0.1) is 0 Å². The zero-order valence-electron chi connectivity index (χ0n) is 9.97. The van der Waals surface area contributed by atoms with E-state index in [1.54, 1.807) is 18.2 Å². The molecule has 2 N–H and O–H groups in total. The van der Waals surface area contributed by atoms with Gasteiger partial charge in [0.2, 0.25) is 0 Å². The fourth-order valence-corrected chi connectivity index (χ4v) is 1.30. The average Bonchev–Trinajstić information content (AvgIpc) is 2.26. The van der Waals surface area contributed by atoms with E-state index in [0.29, 0.717) is 5.75 Å². The van der Waals surface area contributed by atoms with E-state index in [1.165, 1.54) is 0 Å². The lowest BCUT2D eigenvalue weighted by atomic mass is 10.1. The Morgan fingerprint density at radius 1 is 1.33 bits per heavy atom. The van der Waals surface area contributed by atoms with Crippen molar-refractivity contribution in [2.75, 3.05) is 13.2 Å². The summed E-state index contributed by atoms with van der Waals surface area (Å²) in [7, 11) is 0. The normalized spacial score (nSPS) is 10.7. The van der Waals surface area contributed by atoms with Gasteiger partial charge in [-0.1, -0.05) is 11.8 Å². The molecule has 0 fully saturated rings. The van der Waals surface area contributed by atoms with Crippen LogP contribution in [0.25, 0.3) is 0 Å². The van der Waals surface area contributed by atoms with Crippen LogP contribution in [0.2, 0.25) is 0 Å². The summed E-state index contributed by atoms with van der Waals surface area (Å²) in [5.74, 6) is 6.00. The topological polar surface area (TPSA) is 35.2 Å². The molecule has 2 nitrogen and oxygen atoms in total. The summed E-state index contributed by atoms with van der Waals surface area (Å²) in [4.78, 5) is 0. The van der Waals surface area contributed by atoms with Crippen molar-refractivity contribution in [2.24, 2.45) is 5.73 Å². The second kappa shape index (κ2) is 6.31. The van der Waals surface area contributed by atoms with Gasteiger partial charge in [0.1, 0.15) is 5.75 Å². The van der Waals surface area contributed by atoms with Gasteiger partial charge >= 0.3 is 6.18 Å². The molecule has 0 amide bonds. The van der Waals surface area contributed by atoms with Gasteiger partial charge in [-0.25, -0.2) is 0 Å². The molecule has 1 rings (SSSR count). The van der Waals surface area contributed by atoms with Crippen LogP contribution in [0, 0.1) is 18.8 Å². The first-order chi connectivity index (χ1) is 8.42. The lowest BCUT2D eigenvalue weighted by Gasteiger charge is -2.09. The second-order valence-electron chi connectivity index (χ2n) is 3.70. The van der Waals surface area contributed by atoms with Crippen molar-refractivity contribution >= 4 is 0 Å². The zero-order chi connectivity index (χ0) is 13.6. The van der Waals surface area contributed by atoms with Crippen LogP contribution in [0.4, 0.5) is 13.2 Å². The molecular formula is C13H14F3NO. The maximum Gasteiger partial charge on any atom is 0.392 e. The molecule has 0 saturated carbocycles. The Hall–Kier alpha value is -1.67. The molecule has 0 bridgehead atoms. The summed E-state index contributed by atoms with van der Waals surface area (Å²) >= 11 is 0. The molecule has 18 heavy (non-hydrogen) atoms. The van der Waals surface area contributed by atoms with Crippen LogP contribution in [0.3, 0.4) is 0 Å². The van der Waals surface area contributed by atoms with Crippen LogP contribution >= 0.6 is 0 Å². The molecule has 0 aliphatic heterocycles. The molecule has 0 heterocycles. The lowest BCUT2D eigenvalue weighted by molar-refractivity contribution is -0.139. The van der Waals surface area contributed by atoms with E-state index in [-0.39, 0.29) is 13.2 Å². The first-order valence-corrected chi connectivity index (χ1v) is 5.41. The highest BCUT2D eigenvalue weighted by Crippen LogP contribution is 2.21. The van der Waals surface area contributed by atoms with Crippen LogP contribution in [-0.4, -0.2) is 19.3 Å². The van der Waals surface area contributed by atoms with Crippen molar-refractivity contribution in [1.82, 2.24) is 0 Å². The predicted molar refractivity (Wildman–Crippen MR) is 63.3 cm³/mol. The molecule has 0 saturated heterocycles. The predicted octanol–water partition coefficient (Wildman–Crippen LogP) is 2.64. The molecule has 0 atom stereocenters. The van der Waals surface area contributed by atoms with Crippen LogP contribution in [-0.2, 0) is 0 Å². The number of aryl methyl sites for hydroxylation is 1. The molecule has 5 heteroatoms. The van der Waals surface area contributed by atoms with Crippen LogP contribution in [0.5, 0.6) is 5.75 Å². The van der Waals surface area contributed by atoms with Gasteiger partial charge in [-0.3, -0.25) is 0 Å². The van der Waals surface area contributed by atoms with E-state index in [4.69, 9.17) is 10.5 Å². The Kier molecular flexibility index (Phi) is 5.05. The van der Waals surface area contributed by atoms with Gasteiger partial charge in [0.25, 0.3) is 0 Å². The molecule has 0 spiro atoms. The highest BCUT2D eigenvalue weighted by molar-refractivity contribution is 5.44. The maximum atomic E-state index is 11.9. The first kappa shape index (κ1) is 14.4. The number of hydrogen-bond acceptors (Lipinski definition) is 2. The van der Waals surface area contributed by atoms with E-state index >= 15 is 0 Å². The number of rotatable bonds is 3. The van der Waals surface area contributed by atoms with Gasteiger partial charge in [-0.05, 0) is 30.7 Å². The largest absolute Gasteiger partial charge is 0.493 e. The third kappa shape index (κ3) is 5.11. The van der Waals surface area contributed by atoms with Crippen molar-refractivity contribution in [2.45, 2.75) is 19.5 Å². The van der Waals surface area contributed by atoms with Gasteiger partial charge in [0, 0.05) is 5.56 Å². The summed E-state index contributed by atoms with van der Waals surface area (Å²) in [6.45, 7) is 1.71. The van der Waals surface area contributed by atoms with Crippen molar-refractivity contribution in [3.63, 3.8) is 0 Å². The zero-order valence-corrected chi connectivity index (χ0v) is 9.97. The SMILES string of the molecule is Cc1cc(OCCC(F)(F)F)ccc1C#CCN. The smallest absolute Gasteiger partial charge is 0.392 e. The van der Waals surface area contributed by atoms with Crippen molar-refractivity contribution in [3.05, 3.63) is 29.3 Å². The summed E-state index contributed by atoms with van der Waals surface area (Å²) in [6.07, 6.45) is -5.15. The Labute approximate surface area is 104 Å². The molecule has 0 aromatic heterocycles. The van der Waals surface area contributed by atoms with Gasteiger partial charge in [-0.2, -0.15) is 13.2 Å². The Bertz CT molecular complexity index is 458. The van der Waals surface area contributed by atoms with E-state index < -0.39 is 12.6 Å². The average molecular weight is 257 g/mol. The minimum absolute atomic E-state index is 0.267. The Morgan fingerprint density at radius 3 is 2.61 bits per heavy atom. The number of hydrogen-bond donors (Lipinski definition) is 1. The third-order valence-electron chi connectivity index (χ3n) is 2.18. The van der Waals surface area contributed by atoms with E-state index in [1.807, 2.05) is 6.92 Å². The summed E-state index contributed by atoms with van der Waals surface area (Å²) < 4.78 is 40.8. The minimum atomic E-state index is -4.19. The third-order valence-corrected chi connectivity index (χ3v) is 2.18. The van der Waals surface area contributed by atoms with Gasteiger partial charge < -0.3 is 10.5 Å². The molecule has 0 aliphatic carbocycles. The van der Waals surface area contributed by atoms with Crippen molar-refractivity contribution in [3.8, 4) is 17.6 Å². The highest BCUT2D eigenvalue weighted by Gasteiger charge is 2.26. The highest BCUT2D eigenvalue weighted by atomic mass is 19.4. The van der Waals surface area contributed by atoms with E-state index in [9.17, 15) is 13.2 Å². The van der Waals surface area contributed by atoms with E-state index in [2.05, 4.69) is 11.8 Å². The van der Waals surface area contributed by atoms with Crippen LogP contribution < -0.4 is 10.5 Å². The Morgan fingerprint density at radius 2 is 2.06 bits per heavy atom. The van der Waals surface area contributed by atoms with Crippen LogP contribution in [0.15, 0.2) is 18.2 Å². The second-order valence-corrected chi connectivity index (χ2v) is 3.70. The fourth-order valence-electron chi connectivity index (χ4n) is 1.30. The molecule has 0 aliphatic rings. The Balaban J connectivity index is 2.62. The number of halogens is 3. The maximum absolute atomic E-state index is 11.9. The summed E-state index contributed by atoms with van der Waals surface area (Å²) in [5.41, 5.74) is 6.90. The van der Waals surface area contributed by atoms with Crippen molar-refractivity contribution < 1.29 is 17.9 Å². The van der Waals surface area contributed by atoms with Crippen LogP contribution in [0.1, 0.15) is 17.5 Å². The number of ether oxygens (including phenoxy) is 1. The molecule has 1 aromatic carbocycles. The monoisotopic (exact) mass is 257 g/mol. The minimum Gasteiger partial charge on any atom is -0.493 e. The lowest BCUT2D eigenvalue weighted by Crippen LogP contribution is -2.13. The molecular weight excluding hydrogens is 243 g/mol. The standard InChI is InChI=1S/C13H14F3NO/c1-10-9-12(18-8-6-13(14,15)16)5-4-11(10)3-2-7-17/h4-5,9H,6-8,17H2,1H3. The molecule has 0 radical (unpaired) electrons. The fraction of sp³-hybridized carbons (Fsp3) is 0.385. The number of benzene rings is 1. The first-order valence-electron chi connectivity index (χ1n) is 5.41. The molecule has 98 valence electrons. The van der Waals surface area contributed by atoms with Gasteiger partial charge in [0.05, 0.1) is 19.6 Å². The molecule has 0 unspecified atom stereocenters. The summed E-state index contributed by atoms with van der Waals surface area (Å²) in [6, 6.07) is 4.97. The molecule has 1 aromatic rings. The summed E-state index contributed by atoms with van der Waals surface area (Å²) in [5, 5.41) is 0. The van der Waals surface area contributed by atoms with E-state index in [0.717, 1.165) is 11.1 Å². The van der Waals surface area contributed by atoms with Crippen molar-refractivity contribution in [1.29, 1.82) is 0 Å².